The highest BCUT2D eigenvalue weighted by molar-refractivity contribution is 5.82. The Labute approximate surface area is 153 Å². The van der Waals surface area contributed by atoms with Gasteiger partial charge in [-0.2, -0.15) is 0 Å². The third-order valence-corrected chi connectivity index (χ3v) is 4.62. The smallest absolute Gasteiger partial charge is 0.317 e. The minimum atomic E-state index is -1.13. The zero-order chi connectivity index (χ0) is 18.5. The zero-order valence-electron chi connectivity index (χ0n) is 15.2. The Balaban J connectivity index is 1.48. The quantitative estimate of drug-likeness (QED) is 0.861. The maximum absolute atomic E-state index is 12.2. The van der Waals surface area contributed by atoms with E-state index in [-0.39, 0.29) is 18.1 Å². The van der Waals surface area contributed by atoms with Crippen LogP contribution in [0.2, 0.25) is 0 Å². The van der Waals surface area contributed by atoms with E-state index >= 15 is 0 Å². The normalized spacial score (nSPS) is 21.0. The molecule has 0 bridgehead atoms. The topological polar surface area (TPSA) is 84.3 Å². The van der Waals surface area contributed by atoms with Crippen LogP contribution in [0.15, 0.2) is 36.4 Å². The third-order valence-electron chi connectivity index (χ3n) is 4.62. The number of aliphatic hydroxyl groups is 1. The number of rotatable bonds is 5. The second-order valence-corrected chi connectivity index (χ2v) is 6.85. The molecule has 1 aromatic carbocycles. The van der Waals surface area contributed by atoms with E-state index in [1.54, 1.807) is 12.1 Å². The molecule has 1 aromatic heterocycles. The number of nitrogens with one attached hydrogen (secondary N) is 1. The predicted molar refractivity (Wildman–Crippen MR) is 97.7 cm³/mol. The van der Waals surface area contributed by atoms with E-state index in [0.717, 1.165) is 37.1 Å². The van der Waals surface area contributed by atoms with Gasteiger partial charge in [0.2, 0.25) is 0 Å². The first-order valence-electron chi connectivity index (χ1n) is 9.03. The van der Waals surface area contributed by atoms with E-state index in [4.69, 9.17) is 4.74 Å². The predicted octanol–water partition coefficient (Wildman–Crippen LogP) is 2.63. The summed E-state index contributed by atoms with van der Waals surface area (Å²) >= 11 is 0. The number of benzene rings is 1. The molecule has 1 aliphatic rings. The van der Waals surface area contributed by atoms with Gasteiger partial charge in [0.15, 0.2) is 6.10 Å². The van der Waals surface area contributed by atoms with Crippen molar-refractivity contribution in [1.29, 1.82) is 0 Å². The summed E-state index contributed by atoms with van der Waals surface area (Å²) in [5, 5.41) is 13.1. The van der Waals surface area contributed by atoms with E-state index in [1.165, 1.54) is 0 Å². The Kier molecular flexibility index (Phi) is 5.83. The third kappa shape index (κ3) is 4.79. The van der Waals surface area contributed by atoms with Gasteiger partial charge < -0.3 is 15.2 Å². The van der Waals surface area contributed by atoms with Crippen LogP contribution in [-0.4, -0.2) is 33.1 Å². The van der Waals surface area contributed by atoms with Crippen molar-refractivity contribution in [3.05, 3.63) is 53.3 Å². The van der Waals surface area contributed by atoms with Crippen molar-refractivity contribution < 1.29 is 14.6 Å². The summed E-state index contributed by atoms with van der Waals surface area (Å²) in [6.45, 7) is 3.85. The molecule has 0 saturated heterocycles. The number of nitrogens with zero attached hydrogens (tertiary/aromatic N) is 2. The average Bonchev–Trinajstić information content (AvgIpc) is 2.62. The van der Waals surface area contributed by atoms with Gasteiger partial charge in [-0.05, 0) is 51.2 Å². The van der Waals surface area contributed by atoms with E-state index < -0.39 is 6.10 Å². The molecular weight excluding hydrogens is 330 g/mol. The molecule has 0 spiro atoms. The molecule has 1 heterocycles. The number of ether oxygens (including phenoxy) is 1. The van der Waals surface area contributed by atoms with Gasteiger partial charge in [-0.1, -0.05) is 30.3 Å². The van der Waals surface area contributed by atoms with Crippen LogP contribution in [0.1, 0.15) is 48.7 Å². The first-order valence-corrected chi connectivity index (χ1v) is 9.03. The average molecular weight is 355 g/mol. The van der Waals surface area contributed by atoms with Gasteiger partial charge in [-0.3, -0.25) is 4.79 Å². The molecule has 0 radical (unpaired) electrons. The van der Waals surface area contributed by atoms with Crippen molar-refractivity contribution in [1.82, 2.24) is 15.3 Å². The fourth-order valence-electron chi connectivity index (χ4n) is 3.29. The summed E-state index contributed by atoms with van der Waals surface area (Å²) in [6, 6.07) is 11.4. The highest BCUT2D eigenvalue weighted by Gasteiger charge is 2.26. The monoisotopic (exact) mass is 355 g/mol. The highest BCUT2D eigenvalue weighted by Crippen LogP contribution is 2.23. The van der Waals surface area contributed by atoms with Crippen molar-refractivity contribution in [2.45, 2.75) is 57.8 Å². The van der Waals surface area contributed by atoms with Crippen LogP contribution in [0.4, 0.5) is 0 Å². The molecule has 2 N–H and O–H groups in total. The number of amides is 1. The zero-order valence-corrected chi connectivity index (χ0v) is 15.2. The van der Waals surface area contributed by atoms with Crippen LogP contribution in [0.3, 0.4) is 0 Å². The molecule has 0 aliphatic heterocycles. The molecule has 1 amide bonds. The van der Waals surface area contributed by atoms with Crippen molar-refractivity contribution in [3.8, 4) is 6.01 Å². The number of aliphatic hydroxyl groups excluding tert-OH is 1. The molecule has 3 rings (SSSR count). The Hall–Kier alpha value is -2.47. The van der Waals surface area contributed by atoms with Gasteiger partial charge in [0.05, 0.1) is 0 Å². The number of aromatic nitrogens is 2. The Morgan fingerprint density at radius 3 is 2.35 bits per heavy atom. The molecule has 2 aromatic rings. The molecule has 0 unspecified atom stereocenters. The van der Waals surface area contributed by atoms with E-state index in [2.05, 4.69) is 15.3 Å². The summed E-state index contributed by atoms with van der Waals surface area (Å²) in [4.78, 5) is 20.9. The van der Waals surface area contributed by atoms with Gasteiger partial charge in [0.25, 0.3) is 5.91 Å². The standard InChI is InChI=1S/C20H25N3O3/c1-13-12-14(2)22-20(21-13)26-17-10-8-16(9-11-17)23-19(25)18(24)15-6-4-3-5-7-15/h3-7,12,16-18,24H,8-11H2,1-2H3,(H,23,25)/t16?,17?,18-/m0/s1. The van der Waals surface area contributed by atoms with Gasteiger partial charge >= 0.3 is 6.01 Å². The molecular formula is C20H25N3O3. The second-order valence-electron chi connectivity index (χ2n) is 6.85. The fourth-order valence-corrected chi connectivity index (χ4v) is 3.29. The SMILES string of the molecule is Cc1cc(C)nc(OC2CCC(NC(=O)[C@@H](O)c3ccccc3)CC2)n1. The molecule has 26 heavy (non-hydrogen) atoms. The minimum absolute atomic E-state index is 0.0564. The van der Waals surface area contributed by atoms with Crippen molar-refractivity contribution >= 4 is 5.91 Å². The summed E-state index contributed by atoms with van der Waals surface area (Å²) < 4.78 is 5.90. The number of aryl methyl sites for hydroxylation is 2. The summed E-state index contributed by atoms with van der Waals surface area (Å²) in [5.41, 5.74) is 2.39. The van der Waals surface area contributed by atoms with E-state index in [1.807, 2.05) is 38.1 Å². The van der Waals surface area contributed by atoms with Gasteiger partial charge in [-0.25, -0.2) is 9.97 Å². The molecule has 6 nitrogen and oxygen atoms in total. The van der Waals surface area contributed by atoms with Crippen LogP contribution >= 0.6 is 0 Å². The first kappa shape index (κ1) is 18.3. The van der Waals surface area contributed by atoms with E-state index in [9.17, 15) is 9.90 Å². The van der Waals surface area contributed by atoms with Crippen LogP contribution < -0.4 is 10.1 Å². The van der Waals surface area contributed by atoms with Gasteiger partial charge in [0, 0.05) is 17.4 Å². The van der Waals surface area contributed by atoms with Crippen molar-refractivity contribution in [2.24, 2.45) is 0 Å². The number of hydrogen-bond donors (Lipinski definition) is 2. The Morgan fingerprint density at radius 2 is 1.73 bits per heavy atom. The lowest BCUT2D eigenvalue weighted by Gasteiger charge is -2.29. The van der Waals surface area contributed by atoms with Crippen molar-refractivity contribution in [3.63, 3.8) is 0 Å². The van der Waals surface area contributed by atoms with Gasteiger partial charge in [-0.15, -0.1) is 0 Å². The maximum atomic E-state index is 12.2. The highest BCUT2D eigenvalue weighted by atomic mass is 16.5. The van der Waals surface area contributed by atoms with Crippen LogP contribution in [-0.2, 0) is 4.79 Å². The Bertz CT molecular complexity index is 723. The molecule has 6 heteroatoms. The second kappa shape index (κ2) is 8.27. The van der Waals surface area contributed by atoms with Crippen LogP contribution in [0.25, 0.3) is 0 Å². The molecule has 1 saturated carbocycles. The lowest BCUT2D eigenvalue weighted by molar-refractivity contribution is -0.130. The number of carbonyl (C=O) groups is 1. The molecule has 138 valence electrons. The van der Waals surface area contributed by atoms with Crippen LogP contribution in [0, 0.1) is 13.8 Å². The molecule has 1 atom stereocenters. The van der Waals surface area contributed by atoms with Crippen LogP contribution in [0.5, 0.6) is 6.01 Å². The lowest BCUT2D eigenvalue weighted by Crippen LogP contribution is -2.41. The number of carbonyl (C=O) groups excluding carboxylic acids is 1. The maximum Gasteiger partial charge on any atom is 0.317 e. The summed E-state index contributed by atoms with van der Waals surface area (Å²) in [5.74, 6) is -0.349. The fraction of sp³-hybridized carbons (Fsp3) is 0.450. The molecule has 1 aliphatic carbocycles. The summed E-state index contributed by atoms with van der Waals surface area (Å²) in [6.07, 6.45) is 2.19. The Morgan fingerprint density at radius 1 is 1.12 bits per heavy atom. The number of hydrogen-bond acceptors (Lipinski definition) is 5. The molecule has 1 fully saturated rings. The first-order chi connectivity index (χ1) is 12.5. The largest absolute Gasteiger partial charge is 0.460 e. The van der Waals surface area contributed by atoms with Gasteiger partial charge in [0.1, 0.15) is 6.10 Å². The summed E-state index contributed by atoms with van der Waals surface area (Å²) in [7, 11) is 0. The lowest BCUT2D eigenvalue weighted by atomic mass is 9.92. The van der Waals surface area contributed by atoms with E-state index in [0.29, 0.717) is 11.6 Å². The van der Waals surface area contributed by atoms with Crippen molar-refractivity contribution in [2.75, 3.05) is 0 Å². The minimum Gasteiger partial charge on any atom is -0.460 e.